The van der Waals surface area contributed by atoms with E-state index in [4.69, 9.17) is 18.9 Å². The van der Waals surface area contributed by atoms with Gasteiger partial charge in [-0.2, -0.15) is 0 Å². The van der Waals surface area contributed by atoms with Gasteiger partial charge < -0.3 is 24.3 Å². The van der Waals surface area contributed by atoms with Crippen LogP contribution in [0.15, 0.2) is 73.3 Å². The summed E-state index contributed by atoms with van der Waals surface area (Å²) in [4.78, 5) is 23.2. The van der Waals surface area contributed by atoms with Crippen molar-refractivity contribution in [3.8, 4) is 17.2 Å². The first-order chi connectivity index (χ1) is 15.6. The molecular formula is C25H25NO6. The quantitative estimate of drug-likeness (QED) is 0.280. The van der Waals surface area contributed by atoms with Crippen LogP contribution in [0.25, 0.3) is 10.8 Å². The van der Waals surface area contributed by atoms with Crippen LogP contribution in [0.1, 0.15) is 5.56 Å². The van der Waals surface area contributed by atoms with Gasteiger partial charge in [-0.05, 0) is 30.7 Å². The van der Waals surface area contributed by atoms with Gasteiger partial charge in [-0.25, -0.2) is 9.59 Å². The highest BCUT2D eigenvalue weighted by Gasteiger charge is 2.15. The van der Waals surface area contributed by atoms with Gasteiger partial charge in [0.25, 0.3) is 0 Å². The minimum absolute atomic E-state index is 0.123. The van der Waals surface area contributed by atoms with Crippen molar-refractivity contribution in [3.05, 3.63) is 78.9 Å². The summed E-state index contributed by atoms with van der Waals surface area (Å²) < 4.78 is 21.7. The van der Waals surface area contributed by atoms with Crippen molar-refractivity contribution in [3.63, 3.8) is 0 Å². The number of carbonyl (C=O) groups excluding carboxylic acids is 2. The molecule has 0 aliphatic heterocycles. The zero-order valence-electron chi connectivity index (χ0n) is 17.8. The third kappa shape index (κ3) is 6.33. The summed E-state index contributed by atoms with van der Waals surface area (Å²) in [5.74, 6) is 1.37. The Bertz CT molecular complexity index is 1080. The topological polar surface area (TPSA) is 83.1 Å². The lowest BCUT2D eigenvalue weighted by atomic mass is 10.0. The predicted molar refractivity (Wildman–Crippen MR) is 121 cm³/mol. The van der Waals surface area contributed by atoms with Crippen molar-refractivity contribution in [1.29, 1.82) is 0 Å². The van der Waals surface area contributed by atoms with Crippen LogP contribution in [0.2, 0.25) is 0 Å². The molecule has 1 amide bonds. The molecule has 3 aromatic carbocycles. The normalized spacial score (nSPS) is 10.4. The number of carbonyl (C=O) groups is 2. The first kappa shape index (κ1) is 22.8. The number of esters is 1. The molecule has 0 aromatic heterocycles. The van der Waals surface area contributed by atoms with Crippen molar-refractivity contribution < 1.29 is 28.5 Å². The van der Waals surface area contributed by atoms with E-state index in [-0.39, 0.29) is 26.4 Å². The Kier molecular flexibility index (Phi) is 8.22. The first-order valence-corrected chi connectivity index (χ1v) is 10.2. The molecule has 0 heterocycles. The maximum atomic E-state index is 12.3. The van der Waals surface area contributed by atoms with E-state index in [1.165, 1.54) is 0 Å². The minimum Gasteiger partial charge on any atom is -0.460 e. The fraction of sp³-hybridized carbons (Fsp3) is 0.200. The molecule has 0 saturated carbocycles. The second kappa shape index (κ2) is 11.5. The van der Waals surface area contributed by atoms with E-state index in [0.29, 0.717) is 11.5 Å². The van der Waals surface area contributed by atoms with Gasteiger partial charge in [0, 0.05) is 23.4 Å². The largest absolute Gasteiger partial charge is 0.460 e. The molecule has 7 nitrogen and oxygen atoms in total. The van der Waals surface area contributed by atoms with Crippen LogP contribution in [0.4, 0.5) is 4.79 Å². The molecule has 0 atom stereocenters. The molecule has 3 rings (SSSR count). The van der Waals surface area contributed by atoms with Crippen molar-refractivity contribution in [1.82, 2.24) is 5.32 Å². The maximum absolute atomic E-state index is 12.3. The van der Waals surface area contributed by atoms with Crippen LogP contribution in [0.5, 0.6) is 17.2 Å². The summed E-state index contributed by atoms with van der Waals surface area (Å²) in [7, 11) is 0. The van der Waals surface area contributed by atoms with Gasteiger partial charge in [0.15, 0.2) is 0 Å². The summed E-state index contributed by atoms with van der Waals surface area (Å²) in [5, 5.41) is 4.25. The lowest BCUT2D eigenvalue weighted by molar-refractivity contribution is -0.139. The molecule has 0 aliphatic carbocycles. The van der Waals surface area contributed by atoms with Crippen LogP contribution < -0.4 is 14.8 Å². The molecule has 0 radical (unpaired) electrons. The number of nitrogens with one attached hydrogen (secondary N) is 1. The van der Waals surface area contributed by atoms with Crippen molar-refractivity contribution in [2.24, 2.45) is 0 Å². The molecule has 0 bridgehead atoms. The van der Waals surface area contributed by atoms with Gasteiger partial charge in [0.1, 0.15) is 23.9 Å². The van der Waals surface area contributed by atoms with E-state index in [1.807, 2.05) is 67.6 Å². The summed E-state index contributed by atoms with van der Waals surface area (Å²) in [6, 6.07) is 18.9. The third-order valence-corrected chi connectivity index (χ3v) is 4.46. The fourth-order valence-corrected chi connectivity index (χ4v) is 3.00. The second-order valence-corrected chi connectivity index (χ2v) is 6.78. The van der Waals surface area contributed by atoms with Crippen LogP contribution in [-0.4, -0.2) is 38.4 Å². The average molecular weight is 435 g/mol. The third-order valence-electron chi connectivity index (χ3n) is 4.46. The number of rotatable bonds is 10. The highest BCUT2D eigenvalue weighted by molar-refractivity contribution is 5.96. The van der Waals surface area contributed by atoms with Crippen LogP contribution in [-0.2, 0) is 14.3 Å². The molecular weight excluding hydrogens is 410 g/mol. The number of benzene rings is 3. The Morgan fingerprint density at radius 2 is 1.69 bits per heavy atom. The van der Waals surface area contributed by atoms with Gasteiger partial charge in [-0.1, -0.05) is 49.0 Å². The van der Waals surface area contributed by atoms with Crippen molar-refractivity contribution in [2.45, 2.75) is 6.92 Å². The van der Waals surface area contributed by atoms with Crippen molar-refractivity contribution in [2.75, 3.05) is 26.4 Å². The number of aryl methyl sites for hydroxylation is 1. The summed E-state index contributed by atoms with van der Waals surface area (Å²) in [5.41, 5.74) is 0.769. The Hall–Kier alpha value is -3.84. The van der Waals surface area contributed by atoms with E-state index < -0.39 is 12.1 Å². The molecule has 7 heteroatoms. The minimum atomic E-state index is -0.586. The zero-order valence-corrected chi connectivity index (χ0v) is 17.8. The van der Waals surface area contributed by atoms with E-state index in [2.05, 4.69) is 11.9 Å². The molecule has 0 spiro atoms. The lowest BCUT2D eigenvalue weighted by Gasteiger charge is -2.15. The van der Waals surface area contributed by atoms with Crippen molar-refractivity contribution >= 4 is 22.8 Å². The van der Waals surface area contributed by atoms with E-state index >= 15 is 0 Å². The van der Waals surface area contributed by atoms with Gasteiger partial charge in [-0.15, -0.1) is 0 Å². The first-order valence-electron chi connectivity index (χ1n) is 10.2. The Balaban J connectivity index is 1.59. The Morgan fingerprint density at radius 3 is 2.44 bits per heavy atom. The smallest absolute Gasteiger partial charge is 0.412 e. The van der Waals surface area contributed by atoms with Crippen LogP contribution >= 0.6 is 0 Å². The van der Waals surface area contributed by atoms with Gasteiger partial charge in [0.2, 0.25) is 0 Å². The molecule has 1 N–H and O–H groups in total. The average Bonchev–Trinajstić information content (AvgIpc) is 2.81. The monoisotopic (exact) mass is 435 g/mol. The number of amides is 1. The van der Waals surface area contributed by atoms with Gasteiger partial charge in [0.05, 0.1) is 13.2 Å². The molecule has 0 aliphatic rings. The molecule has 0 unspecified atom stereocenters. The van der Waals surface area contributed by atoms with Gasteiger partial charge >= 0.3 is 12.1 Å². The van der Waals surface area contributed by atoms with E-state index in [1.54, 1.807) is 0 Å². The Morgan fingerprint density at radius 1 is 0.969 bits per heavy atom. The molecule has 0 saturated heterocycles. The van der Waals surface area contributed by atoms with E-state index in [9.17, 15) is 9.59 Å². The lowest BCUT2D eigenvalue weighted by Crippen LogP contribution is -2.30. The van der Waals surface area contributed by atoms with Crippen LogP contribution in [0.3, 0.4) is 0 Å². The number of hydrogen-bond acceptors (Lipinski definition) is 6. The fourth-order valence-electron chi connectivity index (χ4n) is 3.00. The maximum Gasteiger partial charge on any atom is 0.412 e. The van der Waals surface area contributed by atoms with Gasteiger partial charge in [-0.3, -0.25) is 0 Å². The number of fused-ring (bicyclic) bond motifs is 1. The highest BCUT2D eigenvalue weighted by Crippen LogP contribution is 2.38. The zero-order chi connectivity index (χ0) is 22.8. The number of hydrogen-bond donors (Lipinski definition) is 1. The SMILES string of the molecule is C=CC(=O)OCCOCCNC(=O)Oc1c(C)cc(Oc2ccccc2)c2ccccc12. The molecule has 3 aromatic rings. The molecule has 0 fully saturated rings. The summed E-state index contributed by atoms with van der Waals surface area (Å²) in [6.45, 7) is 6.02. The second-order valence-electron chi connectivity index (χ2n) is 6.78. The molecule has 166 valence electrons. The summed E-state index contributed by atoms with van der Waals surface area (Å²) >= 11 is 0. The van der Waals surface area contributed by atoms with E-state index in [0.717, 1.165) is 28.2 Å². The van der Waals surface area contributed by atoms with Crippen LogP contribution in [0, 0.1) is 6.92 Å². The standard InChI is InChI=1S/C25H25NO6/c1-3-23(27)30-16-15-29-14-13-26-25(28)32-24-18(2)17-22(20-11-7-8-12-21(20)24)31-19-9-5-4-6-10-19/h3-12,17H,1,13-16H2,2H3,(H,26,28). The number of ether oxygens (including phenoxy) is 4. The Labute approximate surface area is 186 Å². The number of para-hydroxylation sites is 1. The molecule has 32 heavy (non-hydrogen) atoms. The highest BCUT2D eigenvalue weighted by atomic mass is 16.6. The summed E-state index contributed by atoms with van der Waals surface area (Å²) in [6.07, 6.45) is 0.500. The predicted octanol–water partition coefficient (Wildman–Crippen LogP) is 4.77.